The fourth-order valence-corrected chi connectivity index (χ4v) is 5.04. The summed E-state index contributed by atoms with van der Waals surface area (Å²) < 4.78 is 6.52. The van der Waals surface area contributed by atoms with Crippen molar-refractivity contribution in [3.8, 4) is 0 Å². The summed E-state index contributed by atoms with van der Waals surface area (Å²) in [4.78, 5) is 12.9. The van der Waals surface area contributed by atoms with Crippen LogP contribution in [0.2, 0.25) is 0 Å². The number of carbonyl (C=O) groups is 1. The summed E-state index contributed by atoms with van der Waals surface area (Å²) in [6, 6.07) is 21.2. The van der Waals surface area contributed by atoms with Crippen molar-refractivity contribution in [2.75, 3.05) is 11.9 Å². The van der Waals surface area contributed by atoms with E-state index in [1.165, 1.54) is 33.0 Å². The molecule has 0 fully saturated rings. The molecule has 3 aromatic rings. The van der Waals surface area contributed by atoms with Crippen molar-refractivity contribution in [3.63, 3.8) is 0 Å². The predicted octanol–water partition coefficient (Wildman–Crippen LogP) is 6.50. The molecule has 0 saturated carbocycles. The van der Waals surface area contributed by atoms with Crippen molar-refractivity contribution in [1.82, 2.24) is 0 Å². The molecule has 0 radical (unpaired) electrons. The smallest absolute Gasteiger partial charge is 0.313 e. The van der Waals surface area contributed by atoms with Gasteiger partial charge in [-0.1, -0.05) is 58.4 Å². The monoisotopic (exact) mass is 447 g/mol. The number of carbonyl (C=O) groups excluding carboxylic acids is 1. The van der Waals surface area contributed by atoms with Gasteiger partial charge in [0.1, 0.15) is 0 Å². The Hall–Kier alpha value is -2.59. The Labute approximate surface area is 178 Å². The first-order chi connectivity index (χ1) is 14.2. The molecule has 2 aliphatic rings. The van der Waals surface area contributed by atoms with Crippen LogP contribution in [0.5, 0.6) is 0 Å². The zero-order chi connectivity index (χ0) is 20.0. The molecule has 0 spiro atoms. The quantitative estimate of drug-likeness (QED) is 0.465. The van der Waals surface area contributed by atoms with Crippen molar-refractivity contribution in [1.29, 1.82) is 0 Å². The van der Waals surface area contributed by atoms with Gasteiger partial charge in [0.05, 0.1) is 18.6 Å². The summed E-state index contributed by atoms with van der Waals surface area (Å²) in [5.41, 5.74) is 5.95. The van der Waals surface area contributed by atoms with Gasteiger partial charge in [0, 0.05) is 15.7 Å². The van der Waals surface area contributed by atoms with Gasteiger partial charge in [-0.15, -0.1) is 0 Å². The Morgan fingerprint density at radius 1 is 1.10 bits per heavy atom. The van der Waals surface area contributed by atoms with Crippen LogP contribution >= 0.6 is 15.9 Å². The molecular weight excluding hydrogens is 426 g/mol. The maximum Gasteiger partial charge on any atom is 0.313 e. The second kappa shape index (κ2) is 7.34. The Bertz CT molecular complexity index is 1130. The zero-order valence-corrected chi connectivity index (χ0v) is 17.8. The second-order valence-corrected chi connectivity index (χ2v) is 8.54. The molecule has 4 heteroatoms. The molecule has 3 nitrogen and oxygen atoms in total. The summed E-state index contributed by atoms with van der Waals surface area (Å²) >= 11 is 3.53. The van der Waals surface area contributed by atoms with Crippen molar-refractivity contribution >= 4 is 43.9 Å². The van der Waals surface area contributed by atoms with Crippen LogP contribution in [0.4, 0.5) is 5.69 Å². The topological polar surface area (TPSA) is 38.3 Å². The SMILES string of the molecule is CCOC(=O)[C@@H]1CCC2=C1c1c(ccc3ccccc13)N[C@H]2c1ccc(Br)cc1. The van der Waals surface area contributed by atoms with Gasteiger partial charge in [-0.05, 0) is 65.4 Å². The van der Waals surface area contributed by atoms with Crippen LogP contribution in [-0.2, 0) is 9.53 Å². The lowest BCUT2D eigenvalue weighted by Crippen LogP contribution is -2.22. The van der Waals surface area contributed by atoms with E-state index < -0.39 is 0 Å². The van der Waals surface area contributed by atoms with Crippen LogP contribution in [-0.4, -0.2) is 12.6 Å². The highest BCUT2D eigenvalue weighted by molar-refractivity contribution is 9.10. The number of ether oxygens (including phenoxy) is 1. The Kier molecular flexibility index (Phi) is 4.67. The van der Waals surface area contributed by atoms with Gasteiger partial charge in [-0.3, -0.25) is 4.79 Å². The minimum Gasteiger partial charge on any atom is -0.466 e. The summed E-state index contributed by atoms with van der Waals surface area (Å²) in [6.45, 7) is 2.28. The summed E-state index contributed by atoms with van der Waals surface area (Å²) in [7, 11) is 0. The number of anilines is 1. The fraction of sp³-hybridized carbons (Fsp3) is 0.240. The summed E-state index contributed by atoms with van der Waals surface area (Å²) in [5.74, 6) is -0.303. The van der Waals surface area contributed by atoms with E-state index in [0.29, 0.717) is 6.61 Å². The third kappa shape index (κ3) is 3.06. The zero-order valence-electron chi connectivity index (χ0n) is 16.2. The van der Waals surface area contributed by atoms with Crippen LogP contribution in [0, 0.1) is 5.92 Å². The number of hydrogen-bond donors (Lipinski definition) is 1. The highest BCUT2D eigenvalue weighted by Crippen LogP contribution is 2.52. The van der Waals surface area contributed by atoms with Crippen molar-refractivity contribution in [3.05, 3.63) is 81.8 Å². The molecule has 1 N–H and O–H groups in total. The number of hydrogen-bond acceptors (Lipinski definition) is 3. The maximum absolute atomic E-state index is 12.9. The molecule has 0 bridgehead atoms. The predicted molar refractivity (Wildman–Crippen MR) is 121 cm³/mol. The van der Waals surface area contributed by atoms with Crippen LogP contribution in [0.1, 0.15) is 36.9 Å². The first-order valence-corrected chi connectivity index (χ1v) is 10.9. The molecule has 1 heterocycles. The number of rotatable bonds is 3. The molecular formula is C25H22BrNO2. The minimum absolute atomic E-state index is 0.0752. The largest absolute Gasteiger partial charge is 0.466 e. The van der Waals surface area contributed by atoms with Gasteiger partial charge in [0.25, 0.3) is 0 Å². The lowest BCUT2D eigenvalue weighted by atomic mass is 9.83. The highest BCUT2D eigenvalue weighted by atomic mass is 79.9. The van der Waals surface area contributed by atoms with Gasteiger partial charge in [-0.25, -0.2) is 0 Å². The molecule has 5 rings (SSSR count). The first-order valence-electron chi connectivity index (χ1n) is 10.1. The number of halogens is 1. The van der Waals surface area contributed by atoms with Crippen molar-refractivity contribution < 1.29 is 9.53 Å². The van der Waals surface area contributed by atoms with Crippen LogP contribution < -0.4 is 5.32 Å². The minimum atomic E-state index is -0.199. The Morgan fingerprint density at radius 3 is 2.69 bits per heavy atom. The van der Waals surface area contributed by atoms with Crippen LogP contribution in [0.3, 0.4) is 0 Å². The number of esters is 1. The molecule has 3 aromatic carbocycles. The normalized spacial score (nSPS) is 20.2. The van der Waals surface area contributed by atoms with Gasteiger partial charge >= 0.3 is 5.97 Å². The van der Waals surface area contributed by atoms with Gasteiger partial charge in [-0.2, -0.15) is 0 Å². The third-order valence-corrected chi connectivity index (χ3v) is 6.55. The van der Waals surface area contributed by atoms with E-state index in [9.17, 15) is 4.79 Å². The highest BCUT2D eigenvalue weighted by Gasteiger charge is 2.40. The van der Waals surface area contributed by atoms with Crippen molar-refractivity contribution in [2.24, 2.45) is 5.92 Å². The first kappa shape index (κ1) is 18.4. The molecule has 0 saturated heterocycles. The van der Waals surface area contributed by atoms with E-state index in [2.05, 4.69) is 81.9 Å². The molecule has 0 amide bonds. The Balaban J connectivity index is 1.73. The summed E-state index contributed by atoms with van der Waals surface area (Å²) in [6.07, 6.45) is 1.70. The van der Waals surface area contributed by atoms with E-state index in [1.807, 2.05) is 6.92 Å². The lowest BCUT2D eigenvalue weighted by molar-refractivity contribution is -0.145. The number of benzene rings is 3. The molecule has 0 aromatic heterocycles. The van der Waals surface area contributed by atoms with E-state index in [-0.39, 0.29) is 17.9 Å². The van der Waals surface area contributed by atoms with Gasteiger partial charge < -0.3 is 10.1 Å². The van der Waals surface area contributed by atoms with E-state index in [0.717, 1.165) is 23.0 Å². The Morgan fingerprint density at radius 2 is 1.90 bits per heavy atom. The van der Waals surface area contributed by atoms with E-state index >= 15 is 0 Å². The molecule has 1 aliphatic heterocycles. The second-order valence-electron chi connectivity index (χ2n) is 7.62. The number of fused-ring (bicyclic) bond motifs is 4. The van der Waals surface area contributed by atoms with Gasteiger partial charge in [0.15, 0.2) is 0 Å². The average Bonchev–Trinajstić information content (AvgIpc) is 3.19. The lowest BCUT2D eigenvalue weighted by Gasteiger charge is -2.32. The standard InChI is InChI=1S/C25H22BrNO2/c1-2-29-25(28)20-13-12-19-22(20)23-18-6-4-3-5-15(18)9-14-21(23)27-24(19)16-7-10-17(26)11-8-16/h3-11,14,20,24,27H,2,12-13H2,1H3/t20-,24+/m1/s1. The fourth-order valence-electron chi connectivity index (χ4n) is 4.78. The number of nitrogens with one attached hydrogen (secondary N) is 1. The van der Waals surface area contributed by atoms with Crippen LogP contribution in [0.25, 0.3) is 16.3 Å². The molecule has 29 heavy (non-hydrogen) atoms. The maximum atomic E-state index is 12.9. The van der Waals surface area contributed by atoms with Gasteiger partial charge in [0.2, 0.25) is 0 Å². The van der Waals surface area contributed by atoms with E-state index in [4.69, 9.17) is 4.74 Å². The van der Waals surface area contributed by atoms with E-state index in [1.54, 1.807) is 0 Å². The third-order valence-electron chi connectivity index (χ3n) is 6.02. The molecule has 0 unspecified atom stereocenters. The molecule has 146 valence electrons. The molecule has 2 atom stereocenters. The van der Waals surface area contributed by atoms with Crippen LogP contribution in [0.15, 0.2) is 70.7 Å². The average molecular weight is 448 g/mol. The summed E-state index contributed by atoms with van der Waals surface area (Å²) in [5, 5.41) is 6.14. The van der Waals surface area contributed by atoms with Crippen molar-refractivity contribution in [2.45, 2.75) is 25.8 Å². The molecule has 1 aliphatic carbocycles.